The fourth-order valence-corrected chi connectivity index (χ4v) is 1.11. The van der Waals surface area contributed by atoms with E-state index >= 15 is 0 Å². The van der Waals surface area contributed by atoms with Gasteiger partial charge < -0.3 is 5.73 Å². The molecular weight excluding hydrogens is 199 g/mol. The van der Waals surface area contributed by atoms with E-state index in [1.165, 1.54) is 29.1 Å². The lowest BCUT2D eigenvalue weighted by Crippen LogP contribution is -2.12. The molecule has 2 heterocycles. The van der Waals surface area contributed by atoms with Crippen molar-refractivity contribution in [2.45, 2.75) is 0 Å². The number of amides is 1. The van der Waals surface area contributed by atoms with Gasteiger partial charge >= 0.3 is 0 Å². The zero-order chi connectivity index (χ0) is 10.8. The largest absolute Gasteiger partial charge is 0.364 e. The van der Waals surface area contributed by atoms with Gasteiger partial charge in [0.15, 0.2) is 5.82 Å². The highest BCUT2D eigenvalue weighted by molar-refractivity contribution is 5.90. The van der Waals surface area contributed by atoms with E-state index in [0.717, 1.165) is 0 Å². The number of halogens is 1. The number of nitrogens with zero attached hydrogens (tertiary/aromatic N) is 3. The van der Waals surface area contributed by atoms with Crippen LogP contribution in [0.3, 0.4) is 0 Å². The molecule has 0 radical (unpaired) electrons. The van der Waals surface area contributed by atoms with Crippen molar-refractivity contribution in [2.24, 2.45) is 5.73 Å². The summed E-state index contributed by atoms with van der Waals surface area (Å²) in [5.74, 6) is -0.948. The normalized spacial score (nSPS) is 10.2. The molecule has 2 aromatic heterocycles. The third kappa shape index (κ3) is 1.83. The van der Waals surface area contributed by atoms with Crippen LogP contribution >= 0.6 is 0 Å². The van der Waals surface area contributed by atoms with Crippen LogP contribution in [0.15, 0.2) is 30.5 Å². The van der Waals surface area contributed by atoms with Gasteiger partial charge in [-0.15, -0.1) is 0 Å². The molecular formula is C9H7FN4O. The molecule has 0 spiro atoms. The van der Waals surface area contributed by atoms with Crippen LogP contribution in [0.2, 0.25) is 0 Å². The summed E-state index contributed by atoms with van der Waals surface area (Å²) in [6, 6.07) is 5.74. The Hall–Kier alpha value is -2.24. The quantitative estimate of drug-likeness (QED) is 0.727. The molecule has 0 aliphatic carbocycles. The minimum atomic E-state index is -0.634. The van der Waals surface area contributed by atoms with Crippen LogP contribution in [0.4, 0.5) is 4.39 Å². The number of rotatable bonds is 2. The predicted molar refractivity (Wildman–Crippen MR) is 49.8 cm³/mol. The topological polar surface area (TPSA) is 73.8 Å². The molecule has 0 saturated carbocycles. The van der Waals surface area contributed by atoms with E-state index in [-0.39, 0.29) is 5.69 Å². The maximum atomic E-state index is 12.8. The van der Waals surface area contributed by atoms with Crippen LogP contribution in [0.1, 0.15) is 10.5 Å². The Labute approximate surface area is 84.3 Å². The first-order valence-corrected chi connectivity index (χ1v) is 4.15. The lowest BCUT2D eigenvalue weighted by molar-refractivity contribution is 0.0995. The van der Waals surface area contributed by atoms with Gasteiger partial charge in [0.2, 0.25) is 5.95 Å². The van der Waals surface area contributed by atoms with Crippen molar-refractivity contribution < 1.29 is 9.18 Å². The van der Waals surface area contributed by atoms with Gasteiger partial charge in [0.1, 0.15) is 5.69 Å². The van der Waals surface area contributed by atoms with E-state index in [1.807, 2.05) is 0 Å². The first-order chi connectivity index (χ1) is 7.16. The molecule has 0 bridgehead atoms. The van der Waals surface area contributed by atoms with Gasteiger partial charge in [-0.1, -0.05) is 6.07 Å². The Kier molecular flexibility index (Phi) is 2.17. The van der Waals surface area contributed by atoms with Crippen LogP contribution in [0.25, 0.3) is 5.82 Å². The molecule has 0 aromatic carbocycles. The molecule has 76 valence electrons. The van der Waals surface area contributed by atoms with Crippen LogP contribution in [-0.2, 0) is 0 Å². The molecule has 0 saturated heterocycles. The van der Waals surface area contributed by atoms with Crippen molar-refractivity contribution in [1.82, 2.24) is 14.8 Å². The lowest BCUT2D eigenvalue weighted by Gasteiger charge is -1.98. The number of carbonyl (C=O) groups excluding carboxylic acids is 1. The maximum Gasteiger partial charge on any atom is 0.269 e. The Morgan fingerprint density at radius 1 is 1.40 bits per heavy atom. The molecule has 5 nitrogen and oxygen atoms in total. The smallest absolute Gasteiger partial charge is 0.269 e. The molecule has 6 heteroatoms. The SMILES string of the molecule is NC(=O)c1ccn(-c2cccc(F)n2)n1. The summed E-state index contributed by atoms with van der Waals surface area (Å²) in [6.07, 6.45) is 1.49. The number of pyridine rings is 1. The second kappa shape index (κ2) is 3.49. The predicted octanol–water partition coefficient (Wildman–Crippen LogP) is 0.505. The molecule has 2 N–H and O–H groups in total. The van der Waals surface area contributed by atoms with Gasteiger partial charge in [-0.3, -0.25) is 4.79 Å². The molecule has 0 atom stereocenters. The molecule has 0 aliphatic heterocycles. The van der Waals surface area contributed by atoms with Gasteiger partial charge in [-0.05, 0) is 18.2 Å². The van der Waals surface area contributed by atoms with E-state index in [4.69, 9.17) is 5.73 Å². The summed E-state index contributed by atoms with van der Waals surface area (Å²) in [5.41, 5.74) is 5.14. The monoisotopic (exact) mass is 206 g/mol. The first-order valence-electron chi connectivity index (χ1n) is 4.15. The third-order valence-corrected chi connectivity index (χ3v) is 1.78. The summed E-state index contributed by atoms with van der Waals surface area (Å²) in [5, 5.41) is 3.83. The fourth-order valence-electron chi connectivity index (χ4n) is 1.11. The first kappa shape index (κ1) is 9.32. The molecule has 0 fully saturated rings. The van der Waals surface area contributed by atoms with Crippen LogP contribution in [-0.4, -0.2) is 20.7 Å². The standard InChI is InChI=1S/C9H7FN4O/c10-7-2-1-3-8(12-7)14-5-4-6(13-14)9(11)15/h1-5H,(H2,11,15). The highest BCUT2D eigenvalue weighted by atomic mass is 19.1. The van der Waals surface area contributed by atoms with Crippen molar-refractivity contribution in [3.8, 4) is 5.82 Å². The number of primary amides is 1. The van der Waals surface area contributed by atoms with Crippen molar-refractivity contribution in [2.75, 3.05) is 0 Å². The third-order valence-electron chi connectivity index (χ3n) is 1.78. The molecule has 2 rings (SSSR count). The van der Waals surface area contributed by atoms with E-state index in [0.29, 0.717) is 5.82 Å². The molecule has 1 amide bonds. The Bertz CT molecular complexity index is 508. The number of nitrogens with two attached hydrogens (primary N) is 1. The van der Waals surface area contributed by atoms with Gasteiger partial charge in [0, 0.05) is 6.20 Å². The molecule has 2 aromatic rings. The summed E-state index contributed by atoms with van der Waals surface area (Å²) in [4.78, 5) is 14.4. The summed E-state index contributed by atoms with van der Waals surface area (Å²) in [7, 11) is 0. The van der Waals surface area contributed by atoms with Gasteiger partial charge in [-0.2, -0.15) is 9.49 Å². The highest BCUT2D eigenvalue weighted by Gasteiger charge is 2.06. The minimum absolute atomic E-state index is 0.112. The Morgan fingerprint density at radius 2 is 2.20 bits per heavy atom. The lowest BCUT2D eigenvalue weighted by atomic mass is 10.4. The summed E-state index contributed by atoms with van der Waals surface area (Å²) >= 11 is 0. The number of hydrogen-bond acceptors (Lipinski definition) is 3. The van der Waals surface area contributed by atoms with Crippen LogP contribution in [0, 0.1) is 5.95 Å². The fraction of sp³-hybridized carbons (Fsp3) is 0. The molecule has 15 heavy (non-hydrogen) atoms. The van der Waals surface area contributed by atoms with E-state index < -0.39 is 11.9 Å². The van der Waals surface area contributed by atoms with Gasteiger partial charge in [0.05, 0.1) is 0 Å². The van der Waals surface area contributed by atoms with Crippen molar-refractivity contribution in [3.05, 3.63) is 42.1 Å². The second-order valence-electron chi connectivity index (χ2n) is 2.83. The maximum absolute atomic E-state index is 12.8. The molecule has 0 aliphatic rings. The second-order valence-corrected chi connectivity index (χ2v) is 2.83. The van der Waals surface area contributed by atoms with E-state index in [9.17, 15) is 9.18 Å². The minimum Gasteiger partial charge on any atom is -0.364 e. The van der Waals surface area contributed by atoms with Crippen LogP contribution in [0.5, 0.6) is 0 Å². The van der Waals surface area contributed by atoms with Crippen molar-refractivity contribution in [3.63, 3.8) is 0 Å². The van der Waals surface area contributed by atoms with Crippen molar-refractivity contribution >= 4 is 5.91 Å². The average molecular weight is 206 g/mol. The van der Waals surface area contributed by atoms with E-state index in [1.54, 1.807) is 6.07 Å². The average Bonchev–Trinajstić information content (AvgIpc) is 2.66. The van der Waals surface area contributed by atoms with Crippen LogP contribution < -0.4 is 5.73 Å². The van der Waals surface area contributed by atoms with Crippen molar-refractivity contribution in [1.29, 1.82) is 0 Å². The zero-order valence-corrected chi connectivity index (χ0v) is 7.59. The number of carbonyl (C=O) groups is 1. The number of aromatic nitrogens is 3. The summed E-state index contributed by atoms with van der Waals surface area (Å²) in [6.45, 7) is 0. The van der Waals surface area contributed by atoms with Gasteiger partial charge in [-0.25, -0.2) is 9.67 Å². The van der Waals surface area contributed by atoms with E-state index in [2.05, 4.69) is 10.1 Å². The Balaban J connectivity index is 2.41. The highest BCUT2D eigenvalue weighted by Crippen LogP contribution is 2.04. The molecule has 0 unspecified atom stereocenters. The Morgan fingerprint density at radius 3 is 2.80 bits per heavy atom. The summed E-state index contributed by atoms with van der Waals surface area (Å²) < 4.78 is 14.1. The zero-order valence-electron chi connectivity index (χ0n) is 7.59. The van der Waals surface area contributed by atoms with Gasteiger partial charge in [0.25, 0.3) is 5.91 Å². The number of hydrogen-bond donors (Lipinski definition) is 1.